The maximum Gasteiger partial charge on any atom is 0.258 e. The number of allylic oxidation sites excluding steroid dienone is 1. The lowest BCUT2D eigenvalue weighted by molar-refractivity contribution is 0.0988. The fourth-order valence-corrected chi connectivity index (χ4v) is 2.98. The predicted octanol–water partition coefficient (Wildman–Crippen LogP) is 4.85. The minimum Gasteiger partial charge on any atom is -0.360 e. The first kappa shape index (κ1) is 18.7. The number of hydrogen-bond donors (Lipinski definition) is 1. The van der Waals surface area contributed by atoms with E-state index in [0.29, 0.717) is 17.8 Å². The molecule has 3 rings (SSSR count). The van der Waals surface area contributed by atoms with Crippen molar-refractivity contribution in [3.05, 3.63) is 84.1 Å². The SMILES string of the molecule is CCN(C(=O)c1ccc(NC=C(C#N)C#N)cc1)c1cccc2ccccc12. The molecule has 0 saturated carbocycles. The standard InChI is InChI=1S/C23H18N4O/c1-2-27(22-9-5-7-18-6-3-4-8-21(18)22)23(28)19-10-12-20(13-11-19)26-16-17(14-24)15-25/h3-13,16,26H,2H2,1H3. The highest BCUT2D eigenvalue weighted by molar-refractivity contribution is 6.10. The van der Waals surface area contributed by atoms with Crippen LogP contribution in [0.3, 0.4) is 0 Å². The van der Waals surface area contributed by atoms with E-state index in [1.807, 2.05) is 49.4 Å². The van der Waals surface area contributed by atoms with Gasteiger partial charge in [0.1, 0.15) is 17.7 Å². The van der Waals surface area contributed by atoms with Crippen molar-refractivity contribution >= 4 is 28.1 Å². The van der Waals surface area contributed by atoms with Crippen molar-refractivity contribution in [2.75, 3.05) is 16.8 Å². The van der Waals surface area contributed by atoms with Gasteiger partial charge in [-0.25, -0.2) is 0 Å². The summed E-state index contributed by atoms with van der Waals surface area (Å²) in [6.45, 7) is 2.50. The minimum atomic E-state index is -0.0873. The summed E-state index contributed by atoms with van der Waals surface area (Å²) in [5, 5.41) is 22.5. The normalized spacial score (nSPS) is 9.82. The second kappa shape index (κ2) is 8.53. The van der Waals surface area contributed by atoms with Crippen molar-refractivity contribution < 1.29 is 4.79 Å². The van der Waals surface area contributed by atoms with Crippen LogP contribution in [-0.2, 0) is 0 Å². The van der Waals surface area contributed by atoms with Crippen LogP contribution in [0.2, 0.25) is 0 Å². The molecule has 5 nitrogen and oxygen atoms in total. The fraction of sp³-hybridized carbons (Fsp3) is 0.0870. The van der Waals surface area contributed by atoms with Crippen LogP contribution in [0.5, 0.6) is 0 Å². The van der Waals surface area contributed by atoms with Crippen molar-refractivity contribution in [2.45, 2.75) is 6.92 Å². The van der Waals surface area contributed by atoms with Crippen LogP contribution in [0.1, 0.15) is 17.3 Å². The van der Waals surface area contributed by atoms with E-state index < -0.39 is 0 Å². The van der Waals surface area contributed by atoms with Crippen LogP contribution in [0.4, 0.5) is 11.4 Å². The zero-order valence-corrected chi connectivity index (χ0v) is 15.4. The molecule has 0 aliphatic rings. The second-order valence-corrected chi connectivity index (χ2v) is 6.05. The summed E-state index contributed by atoms with van der Waals surface area (Å²) in [7, 11) is 0. The molecule has 0 spiro atoms. The molecule has 0 aliphatic carbocycles. The number of hydrogen-bond acceptors (Lipinski definition) is 4. The van der Waals surface area contributed by atoms with Crippen LogP contribution in [-0.4, -0.2) is 12.5 Å². The van der Waals surface area contributed by atoms with Gasteiger partial charge in [0.2, 0.25) is 0 Å². The summed E-state index contributed by atoms with van der Waals surface area (Å²) < 4.78 is 0. The number of carbonyl (C=O) groups is 1. The van der Waals surface area contributed by atoms with E-state index in [1.165, 1.54) is 6.20 Å². The summed E-state index contributed by atoms with van der Waals surface area (Å²) in [5.41, 5.74) is 2.11. The molecule has 5 heteroatoms. The number of carbonyl (C=O) groups excluding carboxylic acids is 1. The summed E-state index contributed by atoms with van der Waals surface area (Å²) in [4.78, 5) is 14.9. The van der Waals surface area contributed by atoms with Gasteiger partial charge in [0.15, 0.2) is 0 Å². The third kappa shape index (κ3) is 3.85. The van der Waals surface area contributed by atoms with E-state index in [9.17, 15) is 4.79 Å². The molecular formula is C23H18N4O. The highest BCUT2D eigenvalue weighted by atomic mass is 16.2. The van der Waals surface area contributed by atoms with Crippen LogP contribution in [0.15, 0.2) is 78.5 Å². The van der Waals surface area contributed by atoms with Crippen LogP contribution in [0.25, 0.3) is 10.8 Å². The van der Waals surface area contributed by atoms with Gasteiger partial charge >= 0.3 is 0 Å². The molecule has 0 fully saturated rings. The van der Waals surface area contributed by atoms with Crippen molar-refractivity contribution in [2.24, 2.45) is 0 Å². The van der Waals surface area contributed by atoms with Crippen molar-refractivity contribution in [3.63, 3.8) is 0 Å². The van der Waals surface area contributed by atoms with Gasteiger partial charge in [0, 0.05) is 29.4 Å². The fourth-order valence-electron chi connectivity index (χ4n) is 2.98. The molecule has 3 aromatic carbocycles. The van der Waals surface area contributed by atoms with Gasteiger partial charge < -0.3 is 10.2 Å². The zero-order chi connectivity index (χ0) is 19.9. The molecule has 136 valence electrons. The zero-order valence-electron chi connectivity index (χ0n) is 15.4. The monoisotopic (exact) mass is 366 g/mol. The molecule has 0 aromatic heterocycles. The molecule has 0 atom stereocenters. The second-order valence-electron chi connectivity index (χ2n) is 6.05. The van der Waals surface area contributed by atoms with E-state index >= 15 is 0 Å². The Morgan fingerprint density at radius 3 is 2.36 bits per heavy atom. The molecule has 0 saturated heterocycles. The summed E-state index contributed by atoms with van der Waals surface area (Å²) in [5.74, 6) is -0.0873. The van der Waals surface area contributed by atoms with Crippen LogP contribution in [0, 0.1) is 22.7 Å². The summed E-state index contributed by atoms with van der Waals surface area (Å²) in [6, 6.07) is 24.4. The Kier molecular flexibility index (Phi) is 5.69. The molecule has 1 amide bonds. The Morgan fingerprint density at radius 1 is 1.00 bits per heavy atom. The Morgan fingerprint density at radius 2 is 1.68 bits per heavy atom. The molecule has 0 aliphatic heterocycles. The Hall–Kier alpha value is -4.09. The lowest BCUT2D eigenvalue weighted by Gasteiger charge is -2.23. The third-order valence-electron chi connectivity index (χ3n) is 4.37. The summed E-state index contributed by atoms with van der Waals surface area (Å²) in [6.07, 6.45) is 1.34. The van der Waals surface area contributed by atoms with Crippen molar-refractivity contribution in [1.82, 2.24) is 0 Å². The predicted molar refractivity (Wildman–Crippen MR) is 111 cm³/mol. The average Bonchev–Trinajstić information content (AvgIpc) is 2.75. The van der Waals surface area contributed by atoms with Crippen molar-refractivity contribution in [1.29, 1.82) is 10.5 Å². The molecular weight excluding hydrogens is 348 g/mol. The first-order valence-corrected chi connectivity index (χ1v) is 8.84. The van der Waals surface area contributed by atoms with Gasteiger partial charge in [-0.1, -0.05) is 36.4 Å². The highest BCUT2D eigenvalue weighted by Crippen LogP contribution is 2.28. The van der Waals surface area contributed by atoms with Gasteiger partial charge in [-0.3, -0.25) is 4.79 Å². The quantitative estimate of drug-likeness (QED) is 0.655. The molecule has 0 heterocycles. The maximum atomic E-state index is 13.1. The van der Waals surface area contributed by atoms with E-state index in [-0.39, 0.29) is 11.5 Å². The van der Waals surface area contributed by atoms with Crippen molar-refractivity contribution in [3.8, 4) is 12.1 Å². The molecule has 0 bridgehead atoms. The lowest BCUT2D eigenvalue weighted by atomic mass is 10.1. The largest absolute Gasteiger partial charge is 0.360 e. The Labute approximate surface area is 163 Å². The van der Waals surface area contributed by atoms with Crippen LogP contribution < -0.4 is 10.2 Å². The highest BCUT2D eigenvalue weighted by Gasteiger charge is 2.17. The van der Waals surface area contributed by atoms with E-state index in [1.54, 1.807) is 41.3 Å². The molecule has 28 heavy (non-hydrogen) atoms. The maximum absolute atomic E-state index is 13.1. The van der Waals surface area contributed by atoms with Gasteiger partial charge in [-0.2, -0.15) is 10.5 Å². The van der Waals surface area contributed by atoms with Gasteiger partial charge in [-0.15, -0.1) is 0 Å². The first-order chi connectivity index (χ1) is 13.7. The number of anilines is 2. The molecule has 0 radical (unpaired) electrons. The number of nitriles is 2. The van der Waals surface area contributed by atoms with E-state index in [4.69, 9.17) is 10.5 Å². The summed E-state index contributed by atoms with van der Waals surface area (Å²) >= 11 is 0. The number of benzene rings is 3. The average molecular weight is 366 g/mol. The number of fused-ring (bicyclic) bond motifs is 1. The number of nitrogens with zero attached hydrogens (tertiary/aromatic N) is 3. The molecule has 0 unspecified atom stereocenters. The van der Waals surface area contributed by atoms with Crippen LogP contribution >= 0.6 is 0 Å². The molecule has 1 N–H and O–H groups in total. The Balaban J connectivity index is 1.87. The number of nitrogens with one attached hydrogen (secondary N) is 1. The minimum absolute atomic E-state index is 0.0201. The Bertz CT molecular complexity index is 1100. The number of rotatable bonds is 5. The first-order valence-electron chi connectivity index (χ1n) is 8.84. The molecule has 3 aromatic rings. The van der Waals surface area contributed by atoms with Gasteiger partial charge in [0.05, 0.1) is 5.69 Å². The smallest absolute Gasteiger partial charge is 0.258 e. The van der Waals surface area contributed by atoms with E-state index in [2.05, 4.69) is 5.32 Å². The lowest BCUT2D eigenvalue weighted by Crippen LogP contribution is -2.30. The number of amides is 1. The van der Waals surface area contributed by atoms with E-state index in [0.717, 1.165) is 16.5 Å². The van der Waals surface area contributed by atoms with Gasteiger partial charge in [-0.05, 0) is 42.6 Å². The topological polar surface area (TPSA) is 79.9 Å². The van der Waals surface area contributed by atoms with Gasteiger partial charge in [0.25, 0.3) is 5.91 Å². The third-order valence-corrected chi connectivity index (χ3v) is 4.37.